The van der Waals surface area contributed by atoms with Crippen molar-refractivity contribution in [2.75, 3.05) is 33.4 Å². The second kappa shape index (κ2) is 11.1. The van der Waals surface area contributed by atoms with Gasteiger partial charge < -0.3 is 24.7 Å². The molecular weight excluding hydrogens is 380 g/mol. The number of aromatic nitrogens is 3. The quantitative estimate of drug-likeness (QED) is 0.392. The zero-order valence-electron chi connectivity index (χ0n) is 18.5. The molecule has 1 aliphatic rings. The molecule has 1 aromatic carbocycles. The fraction of sp³-hybridized carbons (Fsp3) is 0.591. The Hall–Kier alpha value is -2.45. The van der Waals surface area contributed by atoms with E-state index in [1.807, 2.05) is 18.5 Å². The minimum atomic E-state index is 0.105. The molecule has 1 aromatic heterocycles. The number of guanidine groups is 1. The summed E-state index contributed by atoms with van der Waals surface area (Å²) < 4.78 is 13.3. The van der Waals surface area contributed by atoms with Crippen LogP contribution < -0.4 is 10.6 Å². The van der Waals surface area contributed by atoms with Crippen LogP contribution in [0.3, 0.4) is 0 Å². The molecule has 0 radical (unpaired) electrons. The summed E-state index contributed by atoms with van der Waals surface area (Å²) in [6.45, 7) is 7.40. The van der Waals surface area contributed by atoms with Crippen LogP contribution in [0, 0.1) is 19.8 Å². The van der Waals surface area contributed by atoms with Crippen LogP contribution in [-0.2, 0) is 23.1 Å². The monoisotopic (exact) mass is 414 g/mol. The van der Waals surface area contributed by atoms with Gasteiger partial charge in [0.25, 0.3) is 0 Å². The first kappa shape index (κ1) is 22.2. The lowest BCUT2D eigenvalue weighted by Crippen LogP contribution is -2.43. The number of benzene rings is 1. The normalized spacial score (nSPS) is 19.7. The smallest absolute Gasteiger partial charge is 0.191 e. The first-order valence-corrected chi connectivity index (χ1v) is 10.6. The molecule has 3 rings (SSSR count). The number of aryl methyl sites for hydroxylation is 2. The number of nitrogens with zero attached hydrogens (tertiary/aromatic N) is 4. The van der Waals surface area contributed by atoms with E-state index < -0.39 is 0 Å². The Labute approximate surface area is 179 Å². The van der Waals surface area contributed by atoms with Gasteiger partial charge in [-0.1, -0.05) is 29.8 Å². The highest BCUT2D eigenvalue weighted by Gasteiger charge is 2.27. The molecule has 8 heteroatoms. The summed E-state index contributed by atoms with van der Waals surface area (Å²) in [7, 11) is 3.65. The Kier molecular flexibility index (Phi) is 8.21. The van der Waals surface area contributed by atoms with Gasteiger partial charge in [0.1, 0.15) is 12.4 Å². The average Bonchev–Trinajstić information content (AvgIpc) is 3.08. The summed E-state index contributed by atoms with van der Waals surface area (Å²) in [4.78, 5) is 4.71. The first-order valence-electron chi connectivity index (χ1n) is 10.6. The lowest BCUT2D eigenvalue weighted by molar-refractivity contribution is -0.0265. The van der Waals surface area contributed by atoms with Crippen molar-refractivity contribution in [3.8, 4) is 0 Å². The van der Waals surface area contributed by atoms with Gasteiger partial charge in [0.05, 0.1) is 12.7 Å². The van der Waals surface area contributed by atoms with Crippen molar-refractivity contribution in [1.82, 2.24) is 25.4 Å². The second-order valence-corrected chi connectivity index (χ2v) is 7.79. The van der Waals surface area contributed by atoms with Crippen molar-refractivity contribution in [2.24, 2.45) is 18.0 Å². The molecule has 2 heterocycles. The molecule has 164 valence electrons. The van der Waals surface area contributed by atoms with Crippen LogP contribution >= 0.6 is 0 Å². The van der Waals surface area contributed by atoms with Crippen LogP contribution in [0.2, 0.25) is 0 Å². The van der Waals surface area contributed by atoms with E-state index in [1.165, 1.54) is 11.1 Å². The highest BCUT2D eigenvalue weighted by Crippen LogP contribution is 2.33. The van der Waals surface area contributed by atoms with Crippen LogP contribution in [0.1, 0.15) is 41.7 Å². The lowest BCUT2D eigenvalue weighted by atomic mass is 9.89. The van der Waals surface area contributed by atoms with Gasteiger partial charge in [-0.15, -0.1) is 10.2 Å². The third-order valence-electron chi connectivity index (χ3n) is 5.54. The van der Waals surface area contributed by atoms with Crippen LogP contribution in [0.4, 0.5) is 0 Å². The minimum absolute atomic E-state index is 0.105. The van der Waals surface area contributed by atoms with Crippen molar-refractivity contribution < 1.29 is 9.47 Å². The predicted molar refractivity (Wildman–Crippen MR) is 117 cm³/mol. The van der Waals surface area contributed by atoms with Crippen LogP contribution in [0.25, 0.3) is 0 Å². The largest absolute Gasteiger partial charge is 0.383 e. The fourth-order valence-corrected chi connectivity index (χ4v) is 3.59. The molecule has 0 bridgehead atoms. The molecule has 2 N–H and O–H groups in total. The number of ether oxygens (including phenoxy) is 2. The number of aliphatic imine (C=N–C) groups is 1. The van der Waals surface area contributed by atoms with Crippen molar-refractivity contribution in [1.29, 1.82) is 0 Å². The number of hydrogen-bond donors (Lipinski definition) is 2. The number of nitrogens with one attached hydrogen (secondary N) is 2. The fourth-order valence-electron chi connectivity index (χ4n) is 3.59. The lowest BCUT2D eigenvalue weighted by Gasteiger charge is -2.32. The van der Waals surface area contributed by atoms with Crippen LogP contribution in [-0.4, -0.2) is 54.1 Å². The molecule has 0 amide bonds. The van der Waals surface area contributed by atoms with Crippen LogP contribution in [0.5, 0.6) is 0 Å². The topological polar surface area (TPSA) is 85.6 Å². The molecular formula is C22H34N6O2. The van der Waals surface area contributed by atoms with E-state index in [4.69, 9.17) is 14.5 Å². The maximum Gasteiger partial charge on any atom is 0.191 e. The molecule has 8 nitrogen and oxygen atoms in total. The SMILES string of the molecule is COCCNC(=NCc1nnc(C)n1C)NCC1CCCOC1c1ccc(C)cc1. The van der Waals surface area contributed by atoms with Crippen molar-refractivity contribution in [3.63, 3.8) is 0 Å². The maximum absolute atomic E-state index is 6.15. The molecule has 1 saturated heterocycles. The molecule has 2 atom stereocenters. The molecule has 0 spiro atoms. The van der Waals surface area contributed by atoms with Gasteiger partial charge in [-0.3, -0.25) is 0 Å². The van der Waals surface area contributed by atoms with Gasteiger partial charge in [-0.25, -0.2) is 4.99 Å². The standard InChI is InChI=1S/C22H34N6O2/c1-16-7-9-18(10-8-16)21-19(6-5-12-30-21)14-24-22(23-11-13-29-4)25-15-20-27-26-17(2)28(20)3/h7-10,19,21H,5-6,11-15H2,1-4H3,(H2,23,24,25). The molecule has 1 aliphatic heterocycles. The summed E-state index contributed by atoms with van der Waals surface area (Å²) >= 11 is 0. The van der Waals surface area contributed by atoms with Gasteiger partial charge in [0, 0.05) is 39.8 Å². The second-order valence-electron chi connectivity index (χ2n) is 7.79. The summed E-state index contributed by atoms with van der Waals surface area (Å²) in [6, 6.07) is 8.67. The van der Waals surface area contributed by atoms with Crippen molar-refractivity contribution in [3.05, 3.63) is 47.0 Å². The summed E-state index contributed by atoms with van der Waals surface area (Å²) in [5, 5.41) is 15.1. The molecule has 1 fully saturated rings. The van der Waals surface area contributed by atoms with Crippen molar-refractivity contribution in [2.45, 2.75) is 39.3 Å². The zero-order valence-corrected chi connectivity index (χ0v) is 18.5. The molecule has 2 aromatic rings. The summed E-state index contributed by atoms with van der Waals surface area (Å²) in [5.41, 5.74) is 2.51. The highest BCUT2D eigenvalue weighted by atomic mass is 16.5. The van der Waals surface area contributed by atoms with E-state index in [9.17, 15) is 0 Å². The van der Waals surface area contributed by atoms with Crippen LogP contribution in [0.15, 0.2) is 29.3 Å². The van der Waals surface area contributed by atoms with Gasteiger partial charge in [0.15, 0.2) is 11.8 Å². The molecule has 2 unspecified atom stereocenters. The summed E-state index contributed by atoms with van der Waals surface area (Å²) in [5.74, 6) is 2.84. The van der Waals surface area contributed by atoms with E-state index in [1.54, 1.807) is 7.11 Å². The van der Waals surface area contributed by atoms with E-state index in [-0.39, 0.29) is 6.10 Å². The Morgan fingerprint density at radius 3 is 2.73 bits per heavy atom. The maximum atomic E-state index is 6.15. The highest BCUT2D eigenvalue weighted by molar-refractivity contribution is 5.79. The van der Waals surface area contributed by atoms with E-state index in [0.29, 0.717) is 25.6 Å². The van der Waals surface area contributed by atoms with Crippen molar-refractivity contribution >= 4 is 5.96 Å². The first-order chi connectivity index (χ1) is 14.6. The van der Waals surface area contributed by atoms with Gasteiger partial charge in [-0.2, -0.15) is 0 Å². The van der Waals surface area contributed by atoms with E-state index in [2.05, 4.69) is 52.0 Å². The Morgan fingerprint density at radius 2 is 2.03 bits per heavy atom. The van der Waals surface area contributed by atoms with E-state index >= 15 is 0 Å². The Balaban J connectivity index is 1.65. The third-order valence-corrected chi connectivity index (χ3v) is 5.54. The number of hydrogen-bond acceptors (Lipinski definition) is 5. The van der Waals surface area contributed by atoms with Gasteiger partial charge in [-0.05, 0) is 32.3 Å². The predicted octanol–water partition coefficient (Wildman–Crippen LogP) is 2.28. The number of methoxy groups -OCH3 is 1. The number of rotatable bonds is 8. The van der Waals surface area contributed by atoms with Gasteiger partial charge in [0.2, 0.25) is 0 Å². The zero-order chi connectivity index (χ0) is 21.3. The average molecular weight is 415 g/mol. The Morgan fingerprint density at radius 1 is 1.23 bits per heavy atom. The molecule has 30 heavy (non-hydrogen) atoms. The third kappa shape index (κ3) is 6.03. The minimum Gasteiger partial charge on any atom is -0.383 e. The Bertz CT molecular complexity index is 818. The molecule has 0 saturated carbocycles. The summed E-state index contributed by atoms with van der Waals surface area (Å²) in [6.07, 6.45) is 2.31. The van der Waals surface area contributed by atoms with Gasteiger partial charge >= 0.3 is 0 Å². The molecule has 0 aliphatic carbocycles. The van der Waals surface area contributed by atoms with E-state index in [0.717, 1.165) is 43.6 Å².